The lowest BCUT2D eigenvalue weighted by atomic mass is 10.1. The maximum absolute atomic E-state index is 11.9. The summed E-state index contributed by atoms with van der Waals surface area (Å²) in [6, 6.07) is 21.2. The molecule has 0 saturated carbocycles. The average Bonchev–Trinajstić information content (AvgIpc) is 3.04. The number of nitrogens with one attached hydrogen (secondary N) is 1. The second-order valence-electron chi connectivity index (χ2n) is 4.99. The van der Waals surface area contributed by atoms with Crippen LogP contribution in [0, 0.1) is 0 Å². The van der Waals surface area contributed by atoms with Gasteiger partial charge >= 0.3 is 0 Å². The van der Waals surface area contributed by atoms with Crippen LogP contribution in [0.4, 0.5) is 0 Å². The molecule has 3 aromatic rings. The van der Waals surface area contributed by atoms with Crippen LogP contribution in [0.1, 0.15) is 11.3 Å². The third-order valence-corrected chi connectivity index (χ3v) is 3.29. The van der Waals surface area contributed by atoms with Crippen LogP contribution < -0.4 is 5.32 Å². The van der Waals surface area contributed by atoms with Crippen molar-refractivity contribution in [1.82, 2.24) is 10.5 Å². The Kier molecular flexibility index (Phi) is 4.30. The second kappa shape index (κ2) is 6.72. The van der Waals surface area contributed by atoms with E-state index in [0.717, 1.165) is 11.1 Å². The molecule has 4 nitrogen and oxygen atoms in total. The minimum atomic E-state index is -0.0320. The van der Waals surface area contributed by atoms with Crippen LogP contribution in [-0.2, 0) is 17.8 Å². The summed E-state index contributed by atoms with van der Waals surface area (Å²) in [5, 5.41) is 6.83. The summed E-state index contributed by atoms with van der Waals surface area (Å²) in [5.41, 5.74) is 2.67. The van der Waals surface area contributed by atoms with Gasteiger partial charge in [-0.25, -0.2) is 0 Å². The van der Waals surface area contributed by atoms with Gasteiger partial charge in [0, 0.05) is 11.6 Å². The van der Waals surface area contributed by atoms with Crippen molar-refractivity contribution in [3.05, 3.63) is 78.0 Å². The fraction of sp³-hybridized carbons (Fsp3) is 0.111. The summed E-state index contributed by atoms with van der Waals surface area (Å²) in [6.45, 7) is 0.363. The molecule has 0 aliphatic heterocycles. The van der Waals surface area contributed by atoms with Crippen molar-refractivity contribution < 1.29 is 9.32 Å². The highest BCUT2D eigenvalue weighted by Crippen LogP contribution is 2.19. The van der Waals surface area contributed by atoms with E-state index in [-0.39, 0.29) is 5.91 Å². The molecule has 1 heterocycles. The predicted octanol–water partition coefficient (Wildman–Crippen LogP) is 3.20. The number of nitrogens with zero attached hydrogens (tertiary/aromatic N) is 1. The molecule has 22 heavy (non-hydrogen) atoms. The Morgan fingerprint density at radius 2 is 1.68 bits per heavy atom. The summed E-state index contributed by atoms with van der Waals surface area (Å²) in [5.74, 6) is 0.670. The zero-order valence-corrected chi connectivity index (χ0v) is 12.0. The number of amides is 1. The summed E-state index contributed by atoms with van der Waals surface area (Å²) in [7, 11) is 0. The van der Waals surface area contributed by atoms with Crippen LogP contribution in [0.5, 0.6) is 0 Å². The van der Waals surface area contributed by atoms with Crippen molar-refractivity contribution in [2.75, 3.05) is 0 Å². The third-order valence-electron chi connectivity index (χ3n) is 3.29. The van der Waals surface area contributed by atoms with Crippen molar-refractivity contribution >= 4 is 5.91 Å². The van der Waals surface area contributed by atoms with E-state index in [1.807, 2.05) is 66.7 Å². The predicted molar refractivity (Wildman–Crippen MR) is 83.9 cm³/mol. The largest absolute Gasteiger partial charge is 0.356 e. The van der Waals surface area contributed by atoms with Gasteiger partial charge in [0.05, 0.1) is 13.0 Å². The molecule has 1 amide bonds. The van der Waals surface area contributed by atoms with Gasteiger partial charge in [0.25, 0.3) is 0 Å². The van der Waals surface area contributed by atoms with Gasteiger partial charge in [-0.1, -0.05) is 65.8 Å². The Morgan fingerprint density at radius 3 is 2.41 bits per heavy atom. The first-order chi connectivity index (χ1) is 10.8. The SMILES string of the molecule is O=C(Cc1ccccc1)NCc1cc(-c2ccccc2)on1. The van der Waals surface area contributed by atoms with E-state index in [1.165, 1.54) is 0 Å². The number of aromatic nitrogens is 1. The molecule has 0 aliphatic rings. The van der Waals surface area contributed by atoms with E-state index < -0.39 is 0 Å². The van der Waals surface area contributed by atoms with Crippen LogP contribution in [0.15, 0.2) is 71.3 Å². The molecule has 0 radical (unpaired) electrons. The van der Waals surface area contributed by atoms with Gasteiger partial charge in [-0.2, -0.15) is 0 Å². The van der Waals surface area contributed by atoms with E-state index in [1.54, 1.807) is 0 Å². The van der Waals surface area contributed by atoms with Crippen LogP contribution in [0.3, 0.4) is 0 Å². The molecule has 1 aromatic heterocycles. The van der Waals surface area contributed by atoms with Crippen molar-refractivity contribution in [1.29, 1.82) is 0 Å². The molecule has 1 N–H and O–H groups in total. The zero-order valence-electron chi connectivity index (χ0n) is 12.0. The first kappa shape index (κ1) is 14.1. The molecular weight excluding hydrogens is 276 g/mol. The minimum absolute atomic E-state index is 0.0320. The Balaban J connectivity index is 1.56. The number of carbonyl (C=O) groups excluding carboxylic acids is 1. The molecule has 2 aromatic carbocycles. The fourth-order valence-corrected chi connectivity index (χ4v) is 2.17. The summed E-state index contributed by atoms with van der Waals surface area (Å²) in [6.07, 6.45) is 0.365. The summed E-state index contributed by atoms with van der Waals surface area (Å²) < 4.78 is 5.30. The molecule has 0 atom stereocenters. The topological polar surface area (TPSA) is 55.1 Å². The number of benzene rings is 2. The van der Waals surface area contributed by atoms with Gasteiger partial charge in [0.1, 0.15) is 5.69 Å². The third kappa shape index (κ3) is 3.61. The normalized spacial score (nSPS) is 10.4. The molecule has 0 fully saturated rings. The molecule has 110 valence electrons. The molecule has 3 rings (SSSR count). The first-order valence-corrected chi connectivity index (χ1v) is 7.13. The van der Waals surface area contributed by atoms with Crippen LogP contribution >= 0.6 is 0 Å². The van der Waals surface area contributed by atoms with Crippen molar-refractivity contribution in [2.45, 2.75) is 13.0 Å². The Morgan fingerprint density at radius 1 is 1.00 bits per heavy atom. The van der Waals surface area contributed by atoms with Gasteiger partial charge in [-0.3, -0.25) is 4.79 Å². The highest BCUT2D eigenvalue weighted by Gasteiger charge is 2.08. The lowest BCUT2D eigenvalue weighted by Gasteiger charge is -2.02. The van der Waals surface area contributed by atoms with Crippen molar-refractivity contribution in [3.8, 4) is 11.3 Å². The van der Waals surface area contributed by atoms with Gasteiger partial charge in [0.2, 0.25) is 5.91 Å². The van der Waals surface area contributed by atoms with Gasteiger partial charge in [-0.05, 0) is 5.56 Å². The molecule has 0 unspecified atom stereocenters. The van der Waals surface area contributed by atoms with E-state index in [2.05, 4.69) is 10.5 Å². The highest BCUT2D eigenvalue weighted by molar-refractivity contribution is 5.78. The average molecular weight is 292 g/mol. The second-order valence-corrected chi connectivity index (χ2v) is 4.99. The lowest BCUT2D eigenvalue weighted by molar-refractivity contribution is -0.120. The molecular formula is C18H16N2O2. The first-order valence-electron chi connectivity index (χ1n) is 7.13. The zero-order chi connectivity index (χ0) is 15.2. The molecule has 0 bridgehead atoms. The summed E-state index contributed by atoms with van der Waals surface area (Å²) >= 11 is 0. The lowest BCUT2D eigenvalue weighted by Crippen LogP contribution is -2.24. The van der Waals surface area contributed by atoms with Crippen molar-refractivity contribution in [2.24, 2.45) is 0 Å². The van der Waals surface area contributed by atoms with Crippen molar-refractivity contribution in [3.63, 3.8) is 0 Å². The molecule has 0 aliphatic carbocycles. The summed E-state index contributed by atoms with van der Waals surface area (Å²) in [4.78, 5) is 11.9. The van der Waals surface area contributed by atoms with Gasteiger partial charge in [0.15, 0.2) is 5.76 Å². The number of hydrogen-bond acceptors (Lipinski definition) is 3. The maximum atomic E-state index is 11.9. The fourth-order valence-electron chi connectivity index (χ4n) is 2.17. The maximum Gasteiger partial charge on any atom is 0.224 e. The number of carbonyl (C=O) groups is 1. The van der Waals surface area contributed by atoms with E-state index >= 15 is 0 Å². The quantitative estimate of drug-likeness (QED) is 0.785. The molecule has 4 heteroatoms. The van der Waals surface area contributed by atoms with Gasteiger partial charge < -0.3 is 9.84 Å². The molecule has 0 spiro atoms. The number of rotatable bonds is 5. The highest BCUT2D eigenvalue weighted by atomic mass is 16.5. The van der Waals surface area contributed by atoms with Gasteiger partial charge in [-0.15, -0.1) is 0 Å². The monoisotopic (exact) mass is 292 g/mol. The van der Waals surface area contributed by atoms with Crippen LogP contribution in [-0.4, -0.2) is 11.1 Å². The minimum Gasteiger partial charge on any atom is -0.356 e. The van der Waals surface area contributed by atoms with E-state index in [4.69, 9.17) is 4.52 Å². The van der Waals surface area contributed by atoms with Crippen LogP contribution in [0.25, 0.3) is 11.3 Å². The van der Waals surface area contributed by atoms with E-state index in [9.17, 15) is 4.79 Å². The smallest absolute Gasteiger partial charge is 0.224 e. The Bertz CT molecular complexity index is 736. The molecule has 0 saturated heterocycles. The van der Waals surface area contributed by atoms with Crippen LogP contribution in [0.2, 0.25) is 0 Å². The standard InChI is InChI=1S/C18H16N2O2/c21-18(11-14-7-3-1-4-8-14)19-13-16-12-17(22-20-16)15-9-5-2-6-10-15/h1-10,12H,11,13H2,(H,19,21). The Labute approximate surface area is 128 Å². The Hall–Kier alpha value is -2.88. The number of hydrogen-bond donors (Lipinski definition) is 1. The van der Waals surface area contributed by atoms with E-state index in [0.29, 0.717) is 24.4 Å².